The molecule has 7 heteroatoms. The number of hydrogen-bond acceptors (Lipinski definition) is 4. The van der Waals surface area contributed by atoms with E-state index >= 15 is 0 Å². The van der Waals surface area contributed by atoms with E-state index in [2.05, 4.69) is 26.1 Å². The molecule has 0 aliphatic carbocycles. The fourth-order valence-electron chi connectivity index (χ4n) is 1.34. The highest BCUT2D eigenvalue weighted by Crippen LogP contribution is 2.30. The molecule has 0 radical (unpaired) electrons. The van der Waals surface area contributed by atoms with Gasteiger partial charge in [-0.05, 0) is 28.1 Å². The van der Waals surface area contributed by atoms with E-state index < -0.39 is 11.6 Å². The molecule has 1 aromatic heterocycles. The van der Waals surface area contributed by atoms with Crippen LogP contribution >= 0.6 is 15.9 Å². The van der Waals surface area contributed by atoms with E-state index in [9.17, 15) is 8.78 Å². The van der Waals surface area contributed by atoms with E-state index in [-0.39, 0.29) is 16.2 Å². The van der Waals surface area contributed by atoms with E-state index in [1.165, 1.54) is 6.07 Å². The molecule has 0 aliphatic rings. The first-order chi connectivity index (χ1) is 8.54. The Hall–Kier alpha value is -1.34. The molecule has 0 saturated carbocycles. The summed E-state index contributed by atoms with van der Waals surface area (Å²) in [5.41, 5.74) is 5.81. The molecule has 0 amide bonds. The van der Waals surface area contributed by atoms with Crippen molar-refractivity contribution in [3.63, 3.8) is 0 Å². The van der Waals surface area contributed by atoms with Crippen molar-refractivity contribution >= 4 is 15.9 Å². The molecule has 0 spiro atoms. The molecule has 96 valence electrons. The van der Waals surface area contributed by atoms with Crippen molar-refractivity contribution < 1.29 is 13.3 Å². The summed E-state index contributed by atoms with van der Waals surface area (Å²) in [7, 11) is 0. The topological polar surface area (TPSA) is 64.9 Å². The largest absolute Gasteiger partial charge is 0.339 e. The SMILES string of the molecule is CC(CN)c1nc(-c2ccc(F)c(F)c2Br)no1. The predicted octanol–water partition coefficient (Wildman–Crippen LogP) is 2.84. The van der Waals surface area contributed by atoms with Gasteiger partial charge in [0.15, 0.2) is 11.6 Å². The predicted molar refractivity (Wildman–Crippen MR) is 64.8 cm³/mol. The summed E-state index contributed by atoms with van der Waals surface area (Å²) >= 11 is 2.97. The Morgan fingerprint density at radius 2 is 2.17 bits per heavy atom. The van der Waals surface area contributed by atoms with Gasteiger partial charge in [-0.1, -0.05) is 12.1 Å². The number of halogens is 3. The molecule has 0 bridgehead atoms. The van der Waals surface area contributed by atoms with Gasteiger partial charge < -0.3 is 10.3 Å². The average Bonchev–Trinajstić information content (AvgIpc) is 2.84. The molecule has 0 saturated heterocycles. The maximum atomic E-state index is 13.4. The first kappa shape index (κ1) is 13.1. The second kappa shape index (κ2) is 5.11. The Bertz CT molecular complexity index is 573. The fraction of sp³-hybridized carbons (Fsp3) is 0.273. The van der Waals surface area contributed by atoms with Crippen molar-refractivity contribution in [3.8, 4) is 11.4 Å². The summed E-state index contributed by atoms with van der Waals surface area (Å²) in [5, 5.41) is 3.73. The highest BCUT2D eigenvalue weighted by Gasteiger charge is 2.18. The van der Waals surface area contributed by atoms with Crippen LogP contribution in [-0.4, -0.2) is 16.7 Å². The van der Waals surface area contributed by atoms with Crippen molar-refractivity contribution in [3.05, 3.63) is 34.1 Å². The summed E-state index contributed by atoms with van der Waals surface area (Å²) in [4.78, 5) is 4.11. The molecule has 0 aliphatic heterocycles. The number of benzene rings is 1. The van der Waals surface area contributed by atoms with Crippen molar-refractivity contribution in [2.75, 3.05) is 6.54 Å². The standard InChI is InChI=1S/C11H10BrF2N3O/c1-5(4-15)11-16-10(17-18-11)6-2-3-7(13)9(14)8(6)12/h2-3,5H,4,15H2,1H3. The van der Waals surface area contributed by atoms with Gasteiger partial charge in [-0.15, -0.1) is 0 Å². The minimum atomic E-state index is -0.981. The lowest BCUT2D eigenvalue weighted by Gasteiger charge is -2.01. The Labute approximate surface area is 110 Å². The molecule has 2 N–H and O–H groups in total. The lowest BCUT2D eigenvalue weighted by molar-refractivity contribution is 0.361. The van der Waals surface area contributed by atoms with Crippen LogP contribution in [0.3, 0.4) is 0 Å². The van der Waals surface area contributed by atoms with Crippen molar-refractivity contribution in [2.24, 2.45) is 5.73 Å². The van der Waals surface area contributed by atoms with Crippen LogP contribution in [0.25, 0.3) is 11.4 Å². The summed E-state index contributed by atoms with van der Waals surface area (Å²) in [5.74, 6) is -1.45. The fourth-order valence-corrected chi connectivity index (χ4v) is 1.84. The Morgan fingerprint density at radius 3 is 2.83 bits per heavy atom. The van der Waals surface area contributed by atoms with Crippen LogP contribution in [0, 0.1) is 11.6 Å². The summed E-state index contributed by atoms with van der Waals surface area (Å²) in [6.07, 6.45) is 0. The van der Waals surface area contributed by atoms with Crippen molar-refractivity contribution in [1.82, 2.24) is 10.1 Å². The number of rotatable bonds is 3. The summed E-state index contributed by atoms with van der Waals surface area (Å²) in [6, 6.07) is 2.39. The van der Waals surface area contributed by atoms with E-state index in [1.807, 2.05) is 6.92 Å². The van der Waals surface area contributed by atoms with Crippen LogP contribution in [0.4, 0.5) is 8.78 Å². The van der Waals surface area contributed by atoms with Crippen LogP contribution in [-0.2, 0) is 0 Å². The van der Waals surface area contributed by atoms with E-state index in [0.29, 0.717) is 18.0 Å². The zero-order valence-electron chi connectivity index (χ0n) is 9.45. The number of nitrogens with two attached hydrogens (primary N) is 1. The average molecular weight is 318 g/mol. The second-order valence-corrected chi connectivity index (χ2v) is 4.61. The number of hydrogen-bond donors (Lipinski definition) is 1. The zero-order chi connectivity index (χ0) is 13.3. The first-order valence-corrected chi connectivity index (χ1v) is 6.01. The molecular weight excluding hydrogens is 308 g/mol. The third-order valence-corrected chi connectivity index (χ3v) is 3.27. The zero-order valence-corrected chi connectivity index (χ0v) is 11.0. The number of aromatic nitrogens is 2. The van der Waals surface area contributed by atoms with Crippen LogP contribution in [0.2, 0.25) is 0 Å². The molecule has 1 atom stereocenters. The lowest BCUT2D eigenvalue weighted by atomic mass is 10.2. The van der Waals surface area contributed by atoms with Gasteiger partial charge in [-0.3, -0.25) is 0 Å². The molecule has 4 nitrogen and oxygen atoms in total. The first-order valence-electron chi connectivity index (χ1n) is 5.22. The van der Waals surface area contributed by atoms with Crippen LogP contribution in [0.5, 0.6) is 0 Å². The van der Waals surface area contributed by atoms with Crippen LogP contribution in [0.1, 0.15) is 18.7 Å². The van der Waals surface area contributed by atoms with E-state index in [0.717, 1.165) is 6.07 Å². The second-order valence-electron chi connectivity index (χ2n) is 3.82. The minimum absolute atomic E-state index is 0.0322. The molecule has 2 aromatic rings. The molecule has 1 heterocycles. The quantitative estimate of drug-likeness (QED) is 0.884. The highest BCUT2D eigenvalue weighted by atomic mass is 79.9. The summed E-state index contributed by atoms with van der Waals surface area (Å²) in [6.45, 7) is 2.19. The molecule has 2 rings (SSSR count). The van der Waals surface area contributed by atoms with Gasteiger partial charge in [-0.25, -0.2) is 8.78 Å². The lowest BCUT2D eigenvalue weighted by Crippen LogP contribution is -2.08. The Balaban J connectivity index is 2.43. The van der Waals surface area contributed by atoms with Crippen LogP contribution < -0.4 is 5.73 Å². The normalized spacial score (nSPS) is 12.7. The molecule has 1 unspecified atom stereocenters. The minimum Gasteiger partial charge on any atom is -0.339 e. The van der Waals surface area contributed by atoms with Gasteiger partial charge in [0.25, 0.3) is 0 Å². The van der Waals surface area contributed by atoms with Crippen molar-refractivity contribution in [1.29, 1.82) is 0 Å². The summed E-state index contributed by atoms with van der Waals surface area (Å²) < 4.78 is 31.3. The van der Waals surface area contributed by atoms with E-state index in [4.69, 9.17) is 10.3 Å². The molecular formula is C11H10BrF2N3O. The Morgan fingerprint density at radius 1 is 1.44 bits per heavy atom. The maximum Gasteiger partial charge on any atom is 0.231 e. The molecule has 0 fully saturated rings. The molecule has 1 aromatic carbocycles. The maximum absolute atomic E-state index is 13.4. The van der Waals surface area contributed by atoms with Crippen LogP contribution in [0.15, 0.2) is 21.1 Å². The molecule has 18 heavy (non-hydrogen) atoms. The van der Waals surface area contributed by atoms with Gasteiger partial charge in [0.1, 0.15) is 0 Å². The van der Waals surface area contributed by atoms with Gasteiger partial charge in [-0.2, -0.15) is 4.98 Å². The third kappa shape index (κ3) is 2.28. The third-order valence-electron chi connectivity index (χ3n) is 2.49. The monoisotopic (exact) mass is 317 g/mol. The van der Waals surface area contributed by atoms with E-state index in [1.54, 1.807) is 0 Å². The van der Waals surface area contributed by atoms with Crippen molar-refractivity contribution in [2.45, 2.75) is 12.8 Å². The van der Waals surface area contributed by atoms with Gasteiger partial charge >= 0.3 is 0 Å². The van der Waals surface area contributed by atoms with Gasteiger partial charge in [0, 0.05) is 18.0 Å². The van der Waals surface area contributed by atoms with Gasteiger partial charge in [0.05, 0.1) is 4.47 Å². The Kier molecular flexibility index (Phi) is 3.72. The number of nitrogens with zero attached hydrogens (tertiary/aromatic N) is 2. The highest BCUT2D eigenvalue weighted by molar-refractivity contribution is 9.10. The smallest absolute Gasteiger partial charge is 0.231 e. The van der Waals surface area contributed by atoms with Gasteiger partial charge in [0.2, 0.25) is 11.7 Å².